The Morgan fingerprint density at radius 2 is 1.94 bits per heavy atom. The van der Waals surface area contributed by atoms with E-state index in [4.69, 9.17) is 16.3 Å². The minimum absolute atomic E-state index is 0.150. The van der Waals surface area contributed by atoms with Crippen molar-refractivity contribution in [3.63, 3.8) is 0 Å². The van der Waals surface area contributed by atoms with Gasteiger partial charge in [-0.2, -0.15) is 0 Å². The van der Waals surface area contributed by atoms with Crippen LogP contribution in [0.1, 0.15) is 31.7 Å². The van der Waals surface area contributed by atoms with Gasteiger partial charge in [0.25, 0.3) is 0 Å². The van der Waals surface area contributed by atoms with Crippen LogP contribution in [0, 0.1) is 0 Å². The van der Waals surface area contributed by atoms with Crippen molar-refractivity contribution in [3.05, 3.63) is 65.3 Å². The molecule has 0 saturated carbocycles. The summed E-state index contributed by atoms with van der Waals surface area (Å²) in [6.07, 6.45) is 5.32. The highest BCUT2D eigenvalue weighted by Crippen LogP contribution is 2.35. The molecule has 1 amide bonds. The summed E-state index contributed by atoms with van der Waals surface area (Å²) in [5.74, 6) is 0.150. The molecule has 1 aromatic heterocycles. The minimum Gasteiger partial charge on any atom is -0.382 e. The van der Waals surface area contributed by atoms with Gasteiger partial charge in [-0.3, -0.25) is 4.79 Å². The van der Waals surface area contributed by atoms with E-state index in [9.17, 15) is 4.79 Å². The van der Waals surface area contributed by atoms with Crippen molar-refractivity contribution in [2.45, 2.75) is 38.1 Å². The Labute approximate surface area is 195 Å². The van der Waals surface area contributed by atoms with Gasteiger partial charge in [-0.25, -0.2) is 0 Å². The predicted molar refractivity (Wildman–Crippen MR) is 132 cm³/mol. The third-order valence-corrected chi connectivity index (χ3v) is 6.90. The molecule has 1 aliphatic heterocycles. The highest BCUT2D eigenvalue weighted by atomic mass is 35.5. The van der Waals surface area contributed by atoms with Crippen molar-refractivity contribution in [3.8, 4) is 0 Å². The molecule has 4 rings (SSSR count). The van der Waals surface area contributed by atoms with Crippen molar-refractivity contribution in [2.75, 3.05) is 38.3 Å². The summed E-state index contributed by atoms with van der Waals surface area (Å²) in [7, 11) is 1.73. The van der Waals surface area contributed by atoms with Gasteiger partial charge in [0.15, 0.2) is 0 Å². The Hall–Kier alpha value is -2.34. The number of fused-ring (bicyclic) bond motifs is 1. The number of rotatable bonds is 8. The molecule has 2 aromatic carbocycles. The van der Waals surface area contributed by atoms with Gasteiger partial charge in [-0.05, 0) is 55.2 Å². The van der Waals surface area contributed by atoms with Crippen molar-refractivity contribution < 1.29 is 9.53 Å². The molecule has 2 heterocycles. The number of benzene rings is 2. The number of hydrogen-bond acceptors (Lipinski definition) is 3. The Balaban J connectivity index is 1.47. The topological polar surface area (TPSA) is 48.6 Å². The zero-order chi connectivity index (χ0) is 22.6. The first-order valence-electron chi connectivity index (χ1n) is 11.4. The van der Waals surface area contributed by atoms with Gasteiger partial charge < -0.3 is 19.5 Å². The maximum absolute atomic E-state index is 13.0. The van der Waals surface area contributed by atoms with Gasteiger partial charge in [0.05, 0.1) is 12.1 Å². The summed E-state index contributed by atoms with van der Waals surface area (Å²) < 4.78 is 5.67. The van der Waals surface area contributed by atoms with Crippen LogP contribution in [0.25, 0.3) is 10.9 Å². The lowest BCUT2D eigenvalue weighted by Crippen LogP contribution is -2.60. The van der Waals surface area contributed by atoms with E-state index in [1.807, 2.05) is 60.4 Å². The highest BCUT2D eigenvalue weighted by molar-refractivity contribution is 6.31. The second-order valence-electron chi connectivity index (χ2n) is 8.67. The fourth-order valence-electron chi connectivity index (χ4n) is 4.95. The minimum atomic E-state index is -0.312. The number of halogens is 1. The Bertz CT molecular complexity index is 1040. The molecule has 0 unspecified atom stereocenters. The number of carbonyl (C=O) groups excluding carboxylic acids is 1. The number of nitrogens with one attached hydrogen (secondary N) is 1. The number of aromatic amines is 1. The van der Waals surface area contributed by atoms with Crippen LogP contribution < -0.4 is 4.90 Å². The maximum Gasteiger partial charge on any atom is 0.227 e. The molecule has 1 N–H and O–H groups in total. The first-order chi connectivity index (χ1) is 15.6. The summed E-state index contributed by atoms with van der Waals surface area (Å²) in [4.78, 5) is 20.9. The first-order valence-corrected chi connectivity index (χ1v) is 11.8. The van der Waals surface area contributed by atoms with E-state index in [1.54, 1.807) is 7.11 Å². The van der Waals surface area contributed by atoms with Gasteiger partial charge in [-0.1, -0.05) is 36.7 Å². The van der Waals surface area contributed by atoms with Crippen molar-refractivity contribution >= 4 is 34.1 Å². The normalized spacial score (nSPS) is 16.3. The molecule has 0 aliphatic carbocycles. The average molecular weight is 454 g/mol. The predicted octanol–water partition coefficient (Wildman–Crippen LogP) is 5.29. The number of amides is 1. The van der Waals surface area contributed by atoms with E-state index in [0.29, 0.717) is 13.0 Å². The lowest BCUT2D eigenvalue weighted by molar-refractivity contribution is -0.120. The first kappa shape index (κ1) is 22.8. The SMILES string of the molecule is CCC(=O)N(c1ccccc1)C1(COC)CCN(CCc2c[nH]c3ccc(Cl)cc23)CC1. The van der Waals surface area contributed by atoms with E-state index in [0.717, 1.165) is 55.1 Å². The molecule has 0 spiro atoms. The summed E-state index contributed by atoms with van der Waals surface area (Å²) in [5.41, 5.74) is 3.07. The molecular formula is C26H32ClN3O2. The van der Waals surface area contributed by atoms with E-state index in [-0.39, 0.29) is 11.4 Å². The summed E-state index contributed by atoms with van der Waals surface area (Å²) >= 11 is 6.21. The van der Waals surface area contributed by atoms with Gasteiger partial charge in [0, 0.05) is 61.0 Å². The number of hydrogen-bond donors (Lipinski definition) is 1. The van der Waals surface area contributed by atoms with Crippen LogP contribution in [0.15, 0.2) is 54.7 Å². The molecule has 1 saturated heterocycles. The van der Waals surface area contributed by atoms with E-state index >= 15 is 0 Å². The van der Waals surface area contributed by atoms with Crippen molar-refractivity contribution in [2.24, 2.45) is 0 Å². The van der Waals surface area contributed by atoms with Crippen molar-refractivity contribution in [1.29, 1.82) is 0 Å². The van der Waals surface area contributed by atoms with Gasteiger partial charge in [-0.15, -0.1) is 0 Å². The second-order valence-corrected chi connectivity index (χ2v) is 9.11. The number of aromatic nitrogens is 1. The number of anilines is 1. The van der Waals surface area contributed by atoms with Gasteiger partial charge >= 0.3 is 0 Å². The molecular weight excluding hydrogens is 422 g/mol. The van der Waals surface area contributed by atoms with Crippen LogP contribution in [0.3, 0.4) is 0 Å². The lowest BCUT2D eigenvalue weighted by atomic mass is 9.85. The molecule has 0 radical (unpaired) electrons. The Kier molecular flexibility index (Phi) is 7.19. The van der Waals surface area contributed by atoms with E-state index in [2.05, 4.69) is 16.1 Å². The number of para-hydroxylation sites is 1. The van der Waals surface area contributed by atoms with E-state index in [1.165, 1.54) is 10.9 Å². The number of carbonyl (C=O) groups is 1. The molecule has 0 bridgehead atoms. The van der Waals surface area contributed by atoms with Crippen LogP contribution in [0.2, 0.25) is 5.02 Å². The molecule has 170 valence electrons. The molecule has 6 heteroatoms. The third kappa shape index (κ3) is 4.70. The van der Waals surface area contributed by atoms with Crippen LogP contribution in [0.4, 0.5) is 5.69 Å². The highest BCUT2D eigenvalue weighted by Gasteiger charge is 2.42. The fraction of sp³-hybridized carbons (Fsp3) is 0.423. The third-order valence-electron chi connectivity index (χ3n) is 6.67. The standard InChI is InChI=1S/C26H32ClN3O2/c1-3-25(31)30(22-7-5-4-6-8-22)26(19-32-2)12-15-29(16-13-26)14-11-20-18-28-24-10-9-21(27)17-23(20)24/h4-10,17-18,28H,3,11-16,19H2,1-2H3. The molecule has 32 heavy (non-hydrogen) atoms. The number of likely N-dealkylation sites (tertiary alicyclic amines) is 1. The molecule has 1 fully saturated rings. The Morgan fingerprint density at radius 3 is 2.62 bits per heavy atom. The summed E-state index contributed by atoms with van der Waals surface area (Å²) in [6.45, 7) is 5.33. The fourth-order valence-corrected chi connectivity index (χ4v) is 5.12. The molecule has 0 atom stereocenters. The van der Waals surface area contributed by atoms with Crippen LogP contribution in [-0.2, 0) is 16.0 Å². The lowest BCUT2D eigenvalue weighted by Gasteiger charge is -2.48. The van der Waals surface area contributed by atoms with Crippen molar-refractivity contribution in [1.82, 2.24) is 9.88 Å². The van der Waals surface area contributed by atoms with Crippen LogP contribution >= 0.6 is 11.6 Å². The number of ether oxygens (including phenoxy) is 1. The summed E-state index contributed by atoms with van der Waals surface area (Å²) in [6, 6.07) is 16.0. The van der Waals surface area contributed by atoms with Crippen LogP contribution in [-0.4, -0.2) is 54.7 Å². The second kappa shape index (κ2) is 10.1. The quantitative estimate of drug-likeness (QED) is 0.504. The summed E-state index contributed by atoms with van der Waals surface area (Å²) in [5, 5.41) is 1.97. The monoisotopic (exact) mass is 453 g/mol. The van der Waals surface area contributed by atoms with Crippen LogP contribution in [0.5, 0.6) is 0 Å². The average Bonchev–Trinajstić information content (AvgIpc) is 3.21. The largest absolute Gasteiger partial charge is 0.382 e. The smallest absolute Gasteiger partial charge is 0.227 e. The van der Waals surface area contributed by atoms with E-state index < -0.39 is 0 Å². The number of H-pyrrole nitrogens is 1. The molecule has 5 nitrogen and oxygen atoms in total. The molecule has 1 aliphatic rings. The number of methoxy groups -OCH3 is 1. The number of piperidine rings is 1. The number of nitrogens with zero attached hydrogens (tertiary/aromatic N) is 2. The van der Waals surface area contributed by atoms with Gasteiger partial charge in [0.2, 0.25) is 5.91 Å². The maximum atomic E-state index is 13.0. The van der Waals surface area contributed by atoms with Gasteiger partial charge in [0.1, 0.15) is 0 Å². The Morgan fingerprint density at radius 1 is 1.19 bits per heavy atom. The molecule has 3 aromatic rings. The zero-order valence-corrected chi connectivity index (χ0v) is 19.7. The zero-order valence-electron chi connectivity index (χ0n) is 18.9.